The van der Waals surface area contributed by atoms with Crippen LogP contribution in [0.2, 0.25) is 0 Å². The molecule has 0 aliphatic heterocycles. The molecule has 0 saturated heterocycles. The number of hydrogen-bond acceptors (Lipinski definition) is 2. The molecule has 0 radical (unpaired) electrons. The first-order chi connectivity index (χ1) is 9.34. The lowest BCUT2D eigenvalue weighted by Crippen LogP contribution is -2.14. The topological polar surface area (TPSA) is 45.8 Å². The highest BCUT2D eigenvalue weighted by molar-refractivity contribution is 5.66. The molecule has 3 nitrogen and oxygen atoms in total. The largest absolute Gasteiger partial charge is 0.416 e. The third-order valence-electron chi connectivity index (χ3n) is 3.11. The Bertz CT molecular complexity index is 690. The summed E-state index contributed by atoms with van der Waals surface area (Å²) in [6.07, 6.45) is -2.66. The van der Waals surface area contributed by atoms with Crippen molar-refractivity contribution >= 4 is 0 Å². The lowest BCUT2D eigenvalue weighted by atomic mass is 9.98. The average Bonchev–Trinajstić information content (AvgIpc) is 2.37. The number of H-pyrrole nitrogens is 1. The molecule has 1 heterocycles. The van der Waals surface area contributed by atoms with E-state index in [2.05, 4.69) is 9.97 Å². The normalized spacial score (nSPS) is 11.7. The summed E-state index contributed by atoms with van der Waals surface area (Å²) < 4.78 is 37.9. The molecule has 0 bridgehead atoms. The van der Waals surface area contributed by atoms with E-state index in [1.54, 1.807) is 13.8 Å². The zero-order valence-corrected chi connectivity index (χ0v) is 11.0. The number of aryl methyl sites for hydroxylation is 1. The van der Waals surface area contributed by atoms with E-state index in [4.69, 9.17) is 0 Å². The number of nitrogens with one attached hydrogen (secondary N) is 1. The maximum Gasteiger partial charge on any atom is 0.416 e. The highest BCUT2D eigenvalue weighted by Gasteiger charge is 2.30. The maximum absolute atomic E-state index is 12.6. The van der Waals surface area contributed by atoms with Crippen LogP contribution in [0.15, 0.2) is 29.3 Å². The summed E-state index contributed by atoms with van der Waals surface area (Å²) in [4.78, 5) is 18.3. The SMILES string of the molecule is CCc1c(-c2ccc(C(F)(F)F)cc2C)nc[nH]c1=O. The van der Waals surface area contributed by atoms with Crippen LogP contribution >= 0.6 is 0 Å². The number of halogens is 3. The van der Waals surface area contributed by atoms with Crippen LogP contribution in [-0.2, 0) is 12.6 Å². The number of aromatic amines is 1. The minimum absolute atomic E-state index is 0.267. The van der Waals surface area contributed by atoms with Gasteiger partial charge in [-0.1, -0.05) is 13.0 Å². The summed E-state index contributed by atoms with van der Waals surface area (Å²) in [5.41, 5.74) is 0.907. The smallest absolute Gasteiger partial charge is 0.313 e. The fraction of sp³-hybridized carbons (Fsp3) is 0.286. The van der Waals surface area contributed by atoms with Crippen LogP contribution in [0.5, 0.6) is 0 Å². The van der Waals surface area contributed by atoms with Gasteiger partial charge in [-0.05, 0) is 31.0 Å². The van der Waals surface area contributed by atoms with Gasteiger partial charge >= 0.3 is 6.18 Å². The summed E-state index contributed by atoms with van der Waals surface area (Å²) in [5.74, 6) is 0. The molecule has 2 aromatic rings. The van der Waals surface area contributed by atoms with Crippen LogP contribution in [0.3, 0.4) is 0 Å². The minimum atomic E-state index is -4.38. The fourth-order valence-corrected chi connectivity index (χ4v) is 2.09. The minimum Gasteiger partial charge on any atom is -0.313 e. The van der Waals surface area contributed by atoms with E-state index < -0.39 is 11.7 Å². The van der Waals surface area contributed by atoms with Crippen molar-refractivity contribution in [3.63, 3.8) is 0 Å². The highest BCUT2D eigenvalue weighted by atomic mass is 19.4. The van der Waals surface area contributed by atoms with E-state index >= 15 is 0 Å². The van der Waals surface area contributed by atoms with Crippen LogP contribution in [-0.4, -0.2) is 9.97 Å². The zero-order chi connectivity index (χ0) is 14.9. The Kier molecular flexibility index (Phi) is 3.65. The Balaban J connectivity index is 2.61. The molecule has 0 amide bonds. The summed E-state index contributed by atoms with van der Waals surface area (Å²) in [5, 5.41) is 0. The van der Waals surface area contributed by atoms with Gasteiger partial charge in [0.15, 0.2) is 0 Å². The van der Waals surface area contributed by atoms with Crippen molar-refractivity contribution in [1.82, 2.24) is 9.97 Å². The number of hydrogen-bond donors (Lipinski definition) is 1. The molecular formula is C14H13F3N2O. The molecule has 106 valence electrons. The molecule has 20 heavy (non-hydrogen) atoms. The highest BCUT2D eigenvalue weighted by Crippen LogP contribution is 2.33. The second kappa shape index (κ2) is 5.11. The Labute approximate surface area is 113 Å². The number of benzene rings is 1. The number of aromatic nitrogens is 2. The van der Waals surface area contributed by atoms with Crippen molar-refractivity contribution in [3.05, 3.63) is 51.6 Å². The van der Waals surface area contributed by atoms with Crippen LogP contribution in [0.25, 0.3) is 11.3 Å². The molecule has 0 spiro atoms. The van der Waals surface area contributed by atoms with Gasteiger partial charge in [0.2, 0.25) is 0 Å². The number of alkyl halides is 3. The lowest BCUT2D eigenvalue weighted by Gasteiger charge is -2.12. The second-order valence-electron chi connectivity index (χ2n) is 4.44. The van der Waals surface area contributed by atoms with E-state index in [1.807, 2.05) is 0 Å². The molecule has 1 N–H and O–H groups in total. The predicted octanol–water partition coefficient (Wildman–Crippen LogP) is 3.33. The summed E-state index contributed by atoms with van der Waals surface area (Å²) in [6.45, 7) is 3.38. The second-order valence-corrected chi connectivity index (χ2v) is 4.44. The molecule has 2 rings (SSSR count). The molecule has 1 aromatic carbocycles. The predicted molar refractivity (Wildman–Crippen MR) is 69.4 cm³/mol. The van der Waals surface area contributed by atoms with Crippen molar-refractivity contribution in [2.24, 2.45) is 0 Å². The van der Waals surface area contributed by atoms with Crippen LogP contribution in [0, 0.1) is 6.92 Å². The van der Waals surface area contributed by atoms with Crippen molar-refractivity contribution in [2.45, 2.75) is 26.4 Å². The molecule has 1 aromatic heterocycles. The van der Waals surface area contributed by atoms with Gasteiger partial charge in [0.05, 0.1) is 17.6 Å². The van der Waals surface area contributed by atoms with Gasteiger partial charge in [0, 0.05) is 11.1 Å². The summed E-state index contributed by atoms with van der Waals surface area (Å²) in [6, 6.07) is 3.43. The average molecular weight is 282 g/mol. The van der Waals surface area contributed by atoms with Crippen LogP contribution in [0.4, 0.5) is 13.2 Å². The zero-order valence-electron chi connectivity index (χ0n) is 11.0. The van der Waals surface area contributed by atoms with Gasteiger partial charge in [-0.3, -0.25) is 4.79 Å². The van der Waals surface area contributed by atoms with E-state index in [-0.39, 0.29) is 5.56 Å². The van der Waals surface area contributed by atoms with Crippen molar-refractivity contribution in [2.75, 3.05) is 0 Å². The molecule has 0 aliphatic rings. The first-order valence-corrected chi connectivity index (χ1v) is 6.09. The van der Waals surface area contributed by atoms with E-state index in [0.29, 0.717) is 28.8 Å². The van der Waals surface area contributed by atoms with Crippen LogP contribution in [0.1, 0.15) is 23.6 Å². The van der Waals surface area contributed by atoms with Gasteiger partial charge in [-0.2, -0.15) is 13.2 Å². The van der Waals surface area contributed by atoms with Gasteiger partial charge in [-0.25, -0.2) is 4.98 Å². The Hall–Kier alpha value is -2.11. The third kappa shape index (κ3) is 2.59. The summed E-state index contributed by atoms with van der Waals surface area (Å²) >= 11 is 0. The molecular weight excluding hydrogens is 269 g/mol. The summed E-state index contributed by atoms with van der Waals surface area (Å²) in [7, 11) is 0. The van der Waals surface area contributed by atoms with E-state index in [9.17, 15) is 18.0 Å². The number of nitrogens with zero attached hydrogens (tertiary/aromatic N) is 1. The van der Waals surface area contributed by atoms with Gasteiger partial charge < -0.3 is 4.98 Å². The Morgan fingerprint density at radius 2 is 2.00 bits per heavy atom. The molecule has 0 unspecified atom stereocenters. The van der Waals surface area contributed by atoms with Gasteiger partial charge in [-0.15, -0.1) is 0 Å². The first kappa shape index (κ1) is 14.3. The van der Waals surface area contributed by atoms with Gasteiger partial charge in [0.1, 0.15) is 0 Å². The van der Waals surface area contributed by atoms with E-state index in [0.717, 1.165) is 12.1 Å². The molecule has 0 fully saturated rings. The standard InChI is InChI=1S/C14H13F3N2O/c1-3-10-12(18-7-19-13(10)20)11-5-4-9(6-8(11)2)14(15,16)17/h4-7H,3H2,1-2H3,(H,18,19,20). The maximum atomic E-state index is 12.6. The Morgan fingerprint density at radius 3 is 2.55 bits per heavy atom. The van der Waals surface area contributed by atoms with Gasteiger partial charge in [0.25, 0.3) is 5.56 Å². The molecule has 6 heteroatoms. The van der Waals surface area contributed by atoms with Crippen LogP contribution < -0.4 is 5.56 Å². The van der Waals surface area contributed by atoms with Crippen molar-refractivity contribution in [3.8, 4) is 11.3 Å². The first-order valence-electron chi connectivity index (χ1n) is 6.09. The molecule has 0 saturated carbocycles. The Morgan fingerprint density at radius 1 is 1.30 bits per heavy atom. The van der Waals surface area contributed by atoms with Crippen molar-refractivity contribution in [1.29, 1.82) is 0 Å². The lowest BCUT2D eigenvalue weighted by molar-refractivity contribution is -0.137. The van der Waals surface area contributed by atoms with E-state index in [1.165, 1.54) is 12.4 Å². The fourth-order valence-electron chi connectivity index (χ4n) is 2.09. The number of rotatable bonds is 2. The monoisotopic (exact) mass is 282 g/mol. The quantitative estimate of drug-likeness (QED) is 0.918. The molecule has 0 aliphatic carbocycles. The molecule has 0 atom stereocenters. The third-order valence-corrected chi connectivity index (χ3v) is 3.11. The van der Waals surface area contributed by atoms with Crippen molar-refractivity contribution < 1.29 is 13.2 Å².